The van der Waals surface area contributed by atoms with Crippen molar-refractivity contribution in [3.05, 3.63) is 58.6 Å². The molecular weight excluding hydrogens is 264 g/mol. The largest absolute Gasteiger partial charge is 0.0843 e. The van der Waals surface area contributed by atoms with Gasteiger partial charge in [0.1, 0.15) is 0 Å². The molecule has 2 aromatic carbocycles. The number of fused-ring (bicyclic) bond motifs is 1. The third-order valence-corrected chi connectivity index (χ3v) is 4.79. The minimum atomic E-state index is 0.251. The van der Waals surface area contributed by atoms with E-state index in [4.69, 9.17) is 11.6 Å². The molecule has 1 heteroatoms. The van der Waals surface area contributed by atoms with Gasteiger partial charge < -0.3 is 0 Å². The van der Waals surface area contributed by atoms with Crippen LogP contribution in [0.5, 0.6) is 0 Å². The Bertz CT molecular complexity index is 648. The predicted octanol–water partition coefficient (Wildman–Crippen LogP) is 5.97. The molecule has 0 spiro atoms. The van der Waals surface area contributed by atoms with Crippen molar-refractivity contribution in [2.24, 2.45) is 0 Å². The molecule has 0 amide bonds. The fourth-order valence-corrected chi connectivity index (χ4v) is 3.94. The Hall–Kier alpha value is -1.27. The second kappa shape index (κ2) is 4.36. The fourth-order valence-electron chi connectivity index (χ4n) is 3.81. The minimum Gasteiger partial charge on any atom is -0.0843 e. The average molecular weight is 285 g/mol. The van der Waals surface area contributed by atoms with E-state index in [0.717, 1.165) is 5.02 Å². The van der Waals surface area contributed by atoms with Crippen molar-refractivity contribution in [2.45, 2.75) is 44.9 Å². The lowest BCUT2D eigenvalue weighted by atomic mass is 9.82. The molecule has 0 nitrogen and oxygen atoms in total. The summed E-state index contributed by atoms with van der Waals surface area (Å²) >= 11 is 5.98. The Labute approximate surface area is 126 Å². The molecule has 0 aliphatic heterocycles. The van der Waals surface area contributed by atoms with Crippen molar-refractivity contribution in [3.63, 3.8) is 0 Å². The maximum absolute atomic E-state index is 5.98. The highest BCUT2D eigenvalue weighted by Crippen LogP contribution is 2.50. The summed E-state index contributed by atoms with van der Waals surface area (Å²) in [7, 11) is 0. The van der Waals surface area contributed by atoms with Crippen LogP contribution in [0, 0.1) is 0 Å². The zero-order valence-electron chi connectivity index (χ0n) is 12.6. The van der Waals surface area contributed by atoms with Crippen LogP contribution in [0.1, 0.15) is 45.2 Å². The topological polar surface area (TPSA) is 0 Å². The first-order valence-corrected chi connectivity index (χ1v) is 7.58. The van der Waals surface area contributed by atoms with Crippen molar-refractivity contribution >= 4 is 11.6 Å². The van der Waals surface area contributed by atoms with E-state index >= 15 is 0 Å². The summed E-state index contributed by atoms with van der Waals surface area (Å²) in [5, 5.41) is 0.788. The summed E-state index contributed by atoms with van der Waals surface area (Å²) in [6, 6.07) is 15.0. The summed E-state index contributed by atoms with van der Waals surface area (Å²) in [5.74, 6) is 0. The Kier molecular flexibility index (Phi) is 2.99. The van der Waals surface area contributed by atoms with Crippen LogP contribution < -0.4 is 0 Å². The Morgan fingerprint density at radius 1 is 0.750 bits per heavy atom. The van der Waals surface area contributed by atoms with Crippen LogP contribution in [0.4, 0.5) is 0 Å². The molecule has 0 fully saturated rings. The number of hydrogen-bond acceptors (Lipinski definition) is 0. The van der Waals surface area contributed by atoms with Crippen molar-refractivity contribution in [1.29, 1.82) is 0 Å². The van der Waals surface area contributed by atoms with E-state index in [-0.39, 0.29) is 10.8 Å². The number of halogens is 1. The minimum absolute atomic E-state index is 0.251. The monoisotopic (exact) mass is 284 g/mol. The SMILES string of the molecule is CC1(C)CC(C)(C)c2cc(-c3ccc(Cl)cc3)ccc21. The lowest BCUT2D eigenvalue weighted by Crippen LogP contribution is -2.17. The molecule has 3 rings (SSSR count). The third kappa shape index (κ3) is 2.16. The van der Waals surface area contributed by atoms with Gasteiger partial charge in [-0.2, -0.15) is 0 Å². The van der Waals surface area contributed by atoms with Crippen molar-refractivity contribution in [2.75, 3.05) is 0 Å². The van der Waals surface area contributed by atoms with Gasteiger partial charge in [0.2, 0.25) is 0 Å². The van der Waals surface area contributed by atoms with Crippen LogP contribution in [-0.2, 0) is 10.8 Å². The van der Waals surface area contributed by atoms with Gasteiger partial charge in [0.15, 0.2) is 0 Å². The molecule has 0 bridgehead atoms. The molecule has 0 heterocycles. The van der Waals surface area contributed by atoms with Crippen molar-refractivity contribution in [1.82, 2.24) is 0 Å². The summed E-state index contributed by atoms with van der Waals surface area (Å²) in [6.07, 6.45) is 1.21. The zero-order valence-corrected chi connectivity index (χ0v) is 13.4. The standard InChI is InChI=1S/C19H21Cl/c1-18(2)12-19(3,4)17-11-14(7-10-16(17)18)13-5-8-15(20)9-6-13/h5-11H,12H2,1-4H3. The highest BCUT2D eigenvalue weighted by Gasteiger charge is 2.41. The number of hydrogen-bond donors (Lipinski definition) is 0. The lowest BCUT2D eigenvalue weighted by molar-refractivity contribution is 0.403. The van der Waals surface area contributed by atoms with Crippen molar-refractivity contribution < 1.29 is 0 Å². The normalized spacial score (nSPS) is 18.9. The van der Waals surface area contributed by atoms with E-state index in [9.17, 15) is 0 Å². The van der Waals surface area contributed by atoms with E-state index in [2.05, 4.69) is 58.0 Å². The second-order valence-corrected chi connectivity index (χ2v) is 7.65. The molecular formula is C19H21Cl. The first-order valence-electron chi connectivity index (χ1n) is 7.21. The molecule has 2 aromatic rings. The Balaban J connectivity index is 2.12. The van der Waals surface area contributed by atoms with E-state index < -0.39 is 0 Å². The molecule has 1 aliphatic rings. The molecule has 0 saturated heterocycles. The van der Waals surface area contributed by atoms with Crippen LogP contribution >= 0.6 is 11.6 Å². The molecule has 0 saturated carbocycles. The average Bonchev–Trinajstić information content (AvgIpc) is 2.56. The zero-order chi connectivity index (χ0) is 14.5. The van der Waals surface area contributed by atoms with Crippen LogP contribution in [0.25, 0.3) is 11.1 Å². The van der Waals surface area contributed by atoms with Gasteiger partial charge >= 0.3 is 0 Å². The Morgan fingerprint density at radius 3 is 1.95 bits per heavy atom. The van der Waals surface area contributed by atoms with E-state index in [0.29, 0.717) is 0 Å². The summed E-state index contributed by atoms with van der Waals surface area (Å²) < 4.78 is 0. The van der Waals surface area contributed by atoms with Gasteiger partial charge in [-0.05, 0) is 51.6 Å². The quantitative estimate of drug-likeness (QED) is 0.605. The predicted molar refractivity (Wildman–Crippen MR) is 87.6 cm³/mol. The number of rotatable bonds is 1. The van der Waals surface area contributed by atoms with Crippen molar-refractivity contribution in [3.8, 4) is 11.1 Å². The van der Waals surface area contributed by atoms with Gasteiger partial charge in [-0.25, -0.2) is 0 Å². The van der Waals surface area contributed by atoms with Gasteiger partial charge in [-0.3, -0.25) is 0 Å². The van der Waals surface area contributed by atoms with Crippen LogP contribution in [0.15, 0.2) is 42.5 Å². The van der Waals surface area contributed by atoms with Gasteiger partial charge in [0.25, 0.3) is 0 Å². The first-order chi connectivity index (χ1) is 9.29. The molecule has 1 aliphatic carbocycles. The molecule has 20 heavy (non-hydrogen) atoms. The highest BCUT2D eigenvalue weighted by atomic mass is 35.5. The fraction of sp³-hybridized carbons (Fsp3) is 0.368. The van der Waals surface area contributed by atoms with Gasteiger partial charge in [0.05, 0.1) is 0 Å². The first kappa shape index (κ1) is 13.7. The maximum atomic E-state index is 5.98. The third-order valence-electron chi connectivity index (χ3n) is 4.54. The maximum Gasteiger partial charge on any atom is 0.0406 e. The van der Waals surface area contributed by atoms with Gasteiger partial charge in [-0.1, -0.05) is 69.6 Å². The van der Waals surface area contributed by atoms with Gasteiger partial charge in [0, 0.05) is 5.02 Å². The van der Waals surface area contributed by atoms with Crippen LogP contribution in [0.2, 0.25) is 5.02 Å². The number of benzene rings is 2. The van der Waals surface area contributed by atoms with Crippen LogP contribution in [-0.4, -0.2) is 0 Å². The second-order valence-electron chi connectivity index (χ2n) is 7.21. The lowest BCUT2D eigenvalue weighted by Gasteiger charge is -2.22. The highest BCUT2D eigenvalue weighted by molar-refractivity contribution is 6.30. The molecule has 0 radical (unpaired) electrons. The van der Waals surface area contributed by atoms with Crippen LogP contribution in [0.3, 0.4) is 0 Å². The summed E-state index contributed by atoms with van der Waals surface area (Å²) in [5.41, 5.74) is 6.04. The summed E-state index contributed by atoms with van der Waals surface area (Å²) in [6.45, 7) is 9.41. The molecule has 0 atom stereocenters. The Morgan fingerprint density at radius 2 is 1.30 bits per heavy atom. The van der Waals surface area contributed by atoms with Gasteiger partial charge in [-0.15, -0.1) is 0 Å². The van der Waals surface area contributed by atoms with E-state index in [1.54, 1.807) is 0 Å². The summed E-state index contributed by atoms with van der Waals surface area (Å²) in [4.78, 5) is 0. The molecule has 0 N–H and O–H groups in total. The van der Waals surface area contributed by atoms with E-state index in [1.807, 2.05) is 12.1 Å². The molecule has 0 aromatic heterocycles. The molecule has 0 unspecified atom stereocenters. The smallest absolute Gasteiger partial charge is 0.0406 e. The molecule has 104 valence electrons. The van der Waals surface area contributed by atoms with E-state index in [1.165, 1.54) is 28.7 Å².